The summed E-state index contributed by atoms with van der Waals surface area (Å²) in [5.74, 6) is -8.40. The van der Waals surface area contributed by atoms with Crippen molar-refractivity contribution in [1.82, 2.24) is 47.0 Å². The molecule has 2 heterocycles. The average Bonchev–Trinajstić information content (AvgIpc) is 3.69. The van der Waals surface area contributed by atoms with Gasteiger partial charge in [0.2, 0.25) is 53.2 Å². The molecule has 0 aromatic rings. The smallest absolute Gasteiger partial charge is 0.305 e. The number of rotatable bonds is 15. The highest BCUT2D eigenvalue weighted by molar-refractivity contribution is 5.98. The number of aliphatic carboxylic acids is 1. The van der Waals surface area contributed by atoms with E-state index in [1.165, 1.54) is 23.8 Å². The summed E-state index contributed by atoms with van der Waals surface area (Å²) < 4.78 is 0. The standard InChI is InChI=1S/C40H68N12O11/c1-22(2)17-26-35(59)49-25(11-9-15-44-40(41)42)34(58)45-20-31(54)48-27(19-33(56)57)36(60)50-28(18-23(3)4)38(62)51(6)30(12-7-8-14-43-24(5)53)39(63)52-16-10-13-29(52)37(61)46-21-32(55)47-26/h22-23,25-30H,7-21H2,1-6H3,(H,43,53)(H,45,58)(H,46,61)(H,47,55)(H,48,54)(H,49,59)(H,50,60)(H,56,57)(H4,41,42,44)/t25-,26-,27-,28-,29-,30+/m0/s1. The van der Waals surface area contributed by atoms with E-state index in [4.69, 9.17) is 11.5 Å². The third-order valence-corrected chi connectivity index (χ3v) is 10.4. The number of hydrogen-bond acceptors (Lipinski definition) is 11. The van der Waals surface area contributed by atoms with E-state index in [1.54, 1.807) is 27.7 Å². The first kappa shape index (κ1) is 53.1. The second kappa shape index (κ2) is 26.4. The summed E-state index contributed by atoms with van der Waals surface area (Å²) in [4.78, 5) is 140. The predicted molar refractivity (Wildman–Crippen MR) is 229 cm³/mol. The summed E-state index contributed by atoms with van der Waals surface area (Å²) in [5.41, 5.74) is 10.8. The van der Waals surface area contributed by atoms with E-state index < -0.39 is 109 Å². The fourth-order valence-electron chi connectivity index (χ4n) is 7.27. The van der Waals surface area contributed by atoms with Crippen LogP contribution in [0.25, 0.3) is 0 Å². The number of guanidine groups is 1. The number of carboxylic acid groups (broad SMARTS) is 1. The van der Waals surface area contributed by atoms with Gasteiger partial charge in [-0.1, -0.05) is 27.7 Å². The maximum atomic E-state index is 14.4. The Kier molecular flexibility index (Phi) is 22.3. The zero-order valence-corrected chi connectivity index (χ0v) is 37.3. The molecular formula is C40H68N12O11. The molecule has 2 aliphatic heterocycles. The molecule has 2 aliphatic rings. The van der Waals surface area contributed by atoms with Crippen LogP contribution >= 0.6 is 0 Å². The first-order valence-corrected chi connectivity index (χ1v) is 21.4. The maximum absolute atomic E-state index is 14.4. The van der Waals surface area contributed by atoms with Crippen LogP contribution in [0.4, 0.5) is 0 Å². The third-order valence-electron chi connectivity index (χ3n) is 10.4. The number of carbonyl (C=O) groups is 10. The van der Waals surface area contributed by atoms with Crippen LogP contribution in [-0.2, 0) is 47.9 Å². The van der Waals surface area contributed by atoms with E-state index >= 15 is 0 Å². The van der Waals surface area contributed by atoms with Gasteiger partial charge in [0, 0.05) is 33.6 Å². The molecule has 0 radical (unpaired) electrons. The first-order chi connectivity index (χ1) is 29.6. The molecule has 0 aromatic carbocycles. The Hall–Kier alpha value is -6.03. The van der Waals surface area contributed by atoms with Crippen LogP contribution in [-0.4, -0.2) is 156 Å². The number of fused-ring (bicyclic) bond motifs is 1. The molecule has 23 nitrogen and oxygen atoms in total. The van der Waals surface area contributed by atoms with Gasteiger partial charge < -0.3 is 63.6 Å². The molecule has 354 valence electrons. The molecule has 0 saturated carbocycles. The third kappa shape index (κ3) is 18.9. The molecule has 2 fully saturated rings. The lowest BCUT2D eigenvalue weighted by molar-refractivity contribution is -0.149. The van der Waals surface area contributed by atoms with Crippen molar-refractivity contribution in [3.8, 4) is 0 Å². The lowest BCUT2D eigenvalue weighted by atomic mass is 9.99. The largest absolute Gasteiger partial charge is 0.481 e. The zero-order chi connectivity index (χ0) is 47.4. The molecule has 2 saturated heterocycles. The summed E-state index contributed by atoms with van der Waals surface area (Å²) in [7, 11) is 1.38. The number of nitrogens with two attached hydrogens (primary N) is 2. The Balaban J connectivity index is 2.61. The van der Waals surface area contributed by atoms with Gasteiger partial charge in [-0.2, -0.15) is 0 Å². The molecule has 0 unspecified atom stereocenters. The van der Waals surface area contributed by atoms with Gasteiger partial charge >= 0.3 is 5.97 Å². The van der Waals surface area contributed by atoms with Crippen molar-refractivity contribution in [2.24, 2.45) is 28.3 Å². The number of amides is 9. The van der Waals surface area contributed by atoms with E-state index in [-0.39, 0.29) is 75.3 Å². The Morgan fingerprint density at radius 2 is 1.32 bits per heavy atom. The van der Waals surface area contributed by atoms with Crippen molar-refractivity contribution in [1.29, 1.82) is 0 Å². The average molecular weight is 893 g/mol. The van der Waals surface area contributed by atoms with Gasteiger partial charge in [0.05, 0.1) is 19.5 Å². The highest BCUT2D eigenvalue weighted by Crippen LogP contribution is 2.23. The number of nitrogens with one attached hydrogen (secondary N) is 7. The topological polar surface area (TPSA) is 346 Å². The molecular weight excluding hydrogens is 825 g/mol. The van der Waals surface area contributed by atoms with Gasteiger partial charge in [0.15, 0.2) is 5.96 Å². The minimum Gasteiger partial charge on any atom is -0.481 e. The van der Waals surface area contributed by atoms with Crippen molar-refractivity contribution >= 4 is 65.1 Å². The predicted octanol–water partition coefficient (Wildman–Crippen LogP) is -3.08. The quantitative estimate of drug-likeness (QED) is 0.0444. The van der Waals surface area contributed by atoms with E-state index in [9.17, 15) is 53.1 Å². The number of carboxylic acids is 1. The van der Waals surface area contributed by atoms with Crippen LogP contribution < -0.4 is 48.7 Å². The van der Waals surface area contributed by atoms with Crippen molar-refractivity contribution in [3.05, 3.63) is 0 Å². The Labute approximate surface area is 367 Å². The van der Waals surface area contributed by atoms with E-state index in [0.29, 0.717) is 25.8 Å². The minimum absolute atomic E-state index is 0.0212. The lowest BCUT2D eigenvalue weighted by Gasteiger charge is -2.35. The second-order valence-corrected chi connectivity index (χ2v) is 16.7. The van der Waals surface area contributed by atoms with Crippen LogP contribution in [0.15, 0.2) is 4.99 Å². The van der Waals surface area contributed by atoms with Gasteiger partial charge in [-0.05, 0) is 69.6 Å². The molecule has 2 rings (SSSR count). The number of likely N-dealkylation sites (N-methyl/N-ethyl adjacent to an activating group) is 1. The zero-order valence-electron chi connectivity index (χ0n) is 37.3. The van der Waals surface area contributed by atoms with E-state index in [1.807, 2.05) is 0 Å². The van der Waals surface area contributed by atoms with Crippen LogP contribution in [0, 0.1) is 11.8 Å². The monoisotopic (exact) mass is 893 g/mol. The van der Waals surface area contributed by atoms with Crippen LogP contribution in [0.5, 0.6) is 0 Å². The lowest BCUT2D eigenvalue weighted by Crippen LogP contribution is -2.59. The number of aliphatic imine (C=N–C) groups is 1. The van der Waals surface area contributed by atoms with Gasteiger partial charge in [0.25, 0.3) is 0 Å². The Morgan fingerprint density at radius 1 is 0.746 bits per heavy atom. The SMILES string of the molecule is CC(=O)NCCCC[C@@H]1C(=O)N2CCC[C@H]2C(=O)NCC(=O)N[C@@H](CC(C)C)C(=O)N[C@@H](CCCN=C(N)N)C(=O)NCC(=O)N[C@@H](CC(=O)O)C(=O)N[C@@H](CC(C)C)C(=O)N1C. The van der Waals surface area contributed by atoms with Gasteiger partial charge in [-0.25, -0.2) is 0 Å². The molecule has 12 N–H and O–H groups in total. The molecule has 0 aliphatic carbocycles. The van der Waals surface area contributed by atoms with Gasteiger partial charge in [-0.15, -0.1) is 0 Å². The summed E-state index contributed by atoms with van der Waals surface area (Å²) in [5, 5.41) is 27.4. The van der Waals surface area contributed by atoms with Crippen LogP contribution in [0.3, 0.4) is 0 Å². The highest BCUT2D eigenvalue weighted by Gasteiger charge is 2.41. The van der Waals surface area contributed by atoms with E-state index in [0.717, 1.165) is 0 Å². The van der Waals surface area contributed by atoms with Crippen LogP contribution in [0.2, 0.25) is 0 Å². The van der Waals surface area contributed by atoms with Crippen molar-refractivity contribution in [2.75, 3.05) is 39.8 Å². The number of nitrogens with zero attached hydrogens (tertiary/aromatic N) is 3. The molecule has 0 aromatic heterocycles. The highest BCUT2D eigenvalue weighted by atomic mass is 16.4. The van der Waals surface area contributed by atoms with Gasteiger partial charge in [0.1, 0.15) is 36.3 Å². The molecule has 63 heavy (non-hydrogen) atoms. The molecule has 6 atom stereocenters. The van der Waals surface area contributed by atoms with E-state index in [2.05, 4.69) is 42.2 Å². The second-order valence-electron chi connectivity index (χ2n) is 16.7. The minimum atomic E-state index is -1.71. The summed E-state index contributed by atoms with van der Waals surface area (Å²) in [6.45, 7) is 7.78. The molecule has 0 spiro atoms. The number of carbonyl (C=O) groups excluding carboxylic acids is 9. The van der Waals surface area contributed by atoms with Gasteiger partial charge in [-0.3, -0.25) is 52.9 Å². The first-order valence-electron chi connectivity index (χ1n) is 21.4. The van der Waals surface area contributed by atoms with Crippen molar-refractivity contribution in [2.45, 2.75) is 135 Å². The Bertz CT molecular complexity index is 1690. The Morgan fingerprint density at radius 3 is 1.90 bits per heavy atom. The fraction of sp³-hybridized carbons (Fsp3) is 0.725. The summed E-state index contributed by atoms with van der Waals surface area (Å²) in [6, 6.07) is -7.62. The van der Waals surface area contributed by atoms with Crippen LogP contribution in [0.1, 0.15) is 98.8 Å². The number of hydrogen-bond donors (Lipinski definition) is 10. The molecule has 9 amide bonds. The fourth-order valence-corrected chi connectivity index (χ4v) is 7.27. The molecule has 23 heteroatoms. The number of unbranched alkanes of at least 4 members (excludes halogenated alkanes) is 1. The molecule has 0 bridgehead atoms. The summed E-state index contributed by atoms with van der Waals surface area (Å²) in [6.07, 6.45) is 1.06. The maximum Gasteiger partial charge on any atom is 0.305 e. The van der Waals surface area contributed by atoms with Crippen molar-refractivity contribution in [3.63, 3.8) is 0 Å². The van der Waals surface area contributed by atoms with Crippen molar-refractivity contribution < 1.29 is 53.1 Å². The normalized spacial score (nSPS) is 24.0. The summed E-state index contributed by atoms with van der Waals surface area (Å²) >= 11 is 0.